The summed E-state index contributed by atoms with van der Waals surface area (Å²) in [6.07, 6.45) is 35.6. The quantitative estimate of drug-likeness (QED) is 0.0374. The van der Waals surface area contributed by atoms with Crippen LogP contribution in [0.15, 0.2) is 164 Å². The Kier molecular flexibility index (Phi) is 28.3. The molecule has 2 N–H and O–H groups in total. The summed E-state index contributed by atoms with van der Waals surface area (Å²) in [6.45, 7) is 30.9. The summed E-state index contributed by atoms with van der Waals surface area (Å²) in [5.41, 5.74) is 12.3. The van der Waals surface area contributed by atoms with Crippen LogP contribution in [0, 0.1) is 131 Å². The van der Waals surface area contributed by atoms with Gasteiger partial charge in [0.2, 0.25) is 0 Å². The SMILES string of the molecule is C#Cc1ccccc1-c1ccc(/C=C/[C@H]2[C@H](C)[C@@H](C)C[C@@]3(O)C(=O)O[C@H](C)[C@@H]23)nc1.CCOc1cc2c(c(F)c1OCC)C(=N)N(CC(=O)c1cc(N3CCOCC3)c(C)c(C(C)(C)C)c1)C2.C[C@@H]1CC[C@@H]2[C@@H](C1)C[C@H]1C(=O)O[C@H](C)[C@H]1[C@H]2/C=C/c1ccc(-c2cccc(F)c2)cn1.C[C@@H]1CC[C@@H]2[C@@H](C1)C[C@H]1C(=O)O[C@H](C)[C@H]1[C@H]2/C=C/c1ccc(-c2ccccn2)cn1. The Labute approximate surface area is 754 Å². The molecule has 0 radical (unpaired) electrons. The first-order valence-electron chi connectivity index (χ1n) is 46.5. The van der Waals surface area contributed by atoms with E-state index in [9.17, 15) is 28.7 Å². The molecule has 18 rings (SSSR count). The standard InChI is InChI=1S/C29H38FN3O4.C27H30FNO2.C26H30N2O2.C26H27NO3/c1-7-36-24-15-20-16-33(28(31)25(20)26(30)27(24)37-8-2)17-23(34)19-13-21(29(4,5)6)18(3)22(14-19)32-9-11-35-12-10-32;1-16-6-10-23-20(12-16)14-25-26(17(2)31-27(25)30)24(23)11-9-22-8-7-19(15-29-22)18-4-3-5-21(28)13-18;1-16-6-10-21-19(13-16)14-23-25(17(2)30-26(23)29)22(21)11-9-20-8-7-18(15-28-20)24-5-3-4-12-27-24;1-5-19-8-6-7-9-23(19)20-10-11-21(27-15-20)12-13-22-17(3)16(2)14-26(29)24(22)18(4)30-25(26)28/h13-15,31H,7-12,16-17H2,1-6H3;3-5,7-9,11,13,15-17,20,23-26H,6,10,12,14H2,1-2H3;3-5,7-9,11-12,15-17,19,21-23,25H,6,10,13-14H2,1-2H3;1,6-13,15-18,22,24,29H,14H2,2-4H3/b;2*11-9+;13-12+/t;16-,17-,20+,23-,24+,25-,26+;16-,17-,19+,21-,22+,23-,25+;16-,17+,18+,22-,24-,26-/m.110/s1. The van der Waals surface area contributed by atoms with Crippen molar-refractivity contribution >= 4 is 53.4 Å². The van der Waals surface area contributed by atoms with Gasteiger partial charge in [-0.1, -0.05) is 134 Å². The van der Waals surface area contributed by atoms with E-state index < -0.39 is 17.4 Å². The topological polar surface area (TPSA) is 226 Å². The molecule has 0 bridgehead atoms. The summed E-state index contributed by atoms with van der Waals surface area (Å²) >= 11 is 0. The number of ether oxygens (including phenoxy) is 6. The highest BCUT2D eigenvalue weighted by Crippen LogP contribution is 2.57. The van der Waals surface area contributed by atoms with Gasteiger partial charge in [0.25, 0.3) is 0 Å². The first-order valence-corrected chi connectivity index (χ1v) is 46.5. The Morgan fingerprint density at radius 2 is 1.23 bits per heavy atom. The Balaban J connectivity index is 0.000000132. The maximum Gasteiger partial charge on any atom is 0.338 e. The molecule has 0 unspecified atom stereocenters. The zero-order chi connectivity index (χ0) is 90.6. The molecule has 20 heteroatoms. The van der Waals surface area contributed by atoms with E-state index in [-0.39, 0.29) is 120 Å². The Morgan fingerprint density at radius 3 is 1.78 bits per heavy atom. The summed E-state index contributed by atoms with van der Waals surface area (Å²) in [7, 11) is 0. The van der Waals surface area contributed by atoms with Crippen molar-refractivity contribution in [3.8, 4) is 57.4 Å². The zero-order valence-corrected chi connectivity index (χ0v) is 76.4. The number of hydrogen-bond donors (Lipinski definition) is 2. The van der Waals surface area contributed by atoms with E-state index in [1.165, 1.54) is 56.2 Å². The molecule has 5 aliphatic carbocycles. The van der Waals surface area contributed by atoms with Crippen molar-refractivity contribution in [2.75, 3.05) is 51.0 Å². The van der Waals surface area contributed by atoms with Gasteiger partial charge in [-0.05, 0) is 276 Å². The van der Waals surface area contributed by atoms with E-state index in [4.69, 9.17) is 40.3 Å². The molecule has 10 aliphatic rings. The molecule has 0 spiro atoms. The molecule has 9 heterocycles. The zero-order valence-electron chi connectivity index (χ0n) is 76.4. The second kappa shape index (κ2) is 39.5. The lowest BCUT2D eigenvalue weighted by Gasteiger charge is -2.47. The van der Waals surface area contributed by atoms with Crippen molar-refractivity contribution in [2.24, 2.45) is 94.7 Å². The number of cyclic esters (lactones) is 3. The molecule has 20 atom stereocenters. The van der Waals surface area contributed by atoms with Gasteiger partial charge in [-0.2, -0.15) is 0 Å². The number of anilines is 1. The number of Topliss-reactive ketones (excluding diaryl/α,β-unsaturated/α-hetero) is 1. The van der Waals surface area contributed by atoms with Crippen molar-refractivity contribution in [1.82, 2.24) is 24.8 Å². The lowest BCUT2D eigenvalue weighted by molar-refractivity contribution is -0.160. The van der Waals surface area contributed by atoms with Crippen LogP contribution in [0.3, 0.4) is 0 Å². The number of aromatic nitrogens is 4. The van der Waals surface area contributed by atoms with Crippen molar-refractivity contribution in [3.05, 3.63) is 226 Å². The third-order valence-corrected chi connectivity index (χ3v) is 29.4. The highest BCUT2D eigenvalue weighted by molar-refractivity contribution is 6.06. The van der Waals surface area contributed by atoms with Gasteiger partial charge in [0.05, 0.1) is 73.1 Å². The van der Waals surface area contributed by atoms with Crippen LogP contribution in [0.4, 0.5) is 14.5 Å². The smallest absolute Gasteiger partial charge is 0.338 e. The molecule has 4 saturated heterocycles. The number of terminal acetylenes is 1. The first-order chi connectivity index (χ1) is 61.5. The van der Waals surface area contributed by atoms with Crippen LogP contribution in [0.25, 0.3) is 51.7 Å². The summed E-state index contributed by atoms with van der Waals surface area (Å²) in [5, 5.41) is 19.8. The number of nitrogens with zero attached hydrogens (tertiary/aromatic N) is 6. The van der Waals surface area contributed by atoms with Crippen LogP contribution >= 0.6 is 0 Å². The van der Waals surface area contributed by atoms with Gasteiger partial charge in [0.1, 0.15) is 30.0 Å². The van der Waals surface area contributed by atoms with Gasteiger partial charge in [-0.3, -0.25) is 39.7 Å². The summed E-state index contributed by atoms with van der Waals surface area (Å²) in [4.78, 5) is 73.1. The number of carbonyl (C=O) groups excluding carboxylic acids is 4. The molecule has 18 nitrogen and oxygen atoms in total. The number of benzene rings is 4. The number of amidine groups is 1. The number of aliphatic hydroxyl groups is 1. The normalized spacial score (nSPS) is 29.1. The second-order valence-corrected chi connectivity index (χ2v) is 38.6. The predicted octanol–water partition coefficient (Wildman–Crippen LogP) is 21.0. The number of hydrogen-bond acceptors (Lipinski definition) is 17. The molecular formula is C108H125F2N7O11. The van der Waals surface area contributed by atoms with Crippen LogP contribution in [0.2, 0.25) is 0 Å². The highest BCUT2D eigenvalue weighted by Gasteiger charge is 2.62. The summed E-state index contributed by atoms with van der Waals surface area (Å²) in [6, 6.07) is 38.0. The number of fused-ring (bicyclic) bond motifs is 6. The van der Waals surface area contributed by atoms with Gasteiger partial charge in [0.15, 0.2) is 28.7 Å². The number of halogens is 2. The molecule has 0 amide bonds. The van der Waals surface area contributed by atoms with Gasteiger partial charge in [0, 0.05) is 95.7 Å². The Morgan fingerprint density at radius 1 is 0.648 bits per heavy atom. The van der Waals surface area contributed by atoms with Crippen molar-refractivity contribution in [2.45, 2.75) is 184 Å². The lowest BCUT2D eigenvalue weighted by Crippen LogP contribution is -2.52. The molecule has 128 heavy (non-hydrogen) atoms. The molecule has 4 aromatic heterocycles. The third-order valence-electron chi connectivity index (χ3n) is 29.4. The number of pyridine rings is 4. The third kappa shape index (κ3) is 19.6. The summed E-state index contributed by atoms with van der Waals surface area (Å²) < 4.78 is 62.4. The van der Waals surface area contributed by atoms with E-state index in [0.717, 1.165) is 105 Å². The van der Waals surface area contributed by atoms with Gasteiger partial charge in [-0.25, -0.2) is 13.6 Å². The van der Waals surface area contributed by atoms with E-state index in [0.29, 0.717) is 90.5 Å². The minimum atomic E-state index is -1.39. The Bertz CT molecular complexity index is 5470. The number of morpholine rings is 1. The van der Waals surface area contributed by atoms with E-state index in [1.54, 1.807) is 36.4 Å². The first kappa shape index (κ1) is 91.7. The fraction of sp³-hybridized carbons (Fsp3) is 0.472. The maximum absolute atomic E-state index is 15.4. The average molecular weight is 1740 g/mol. The minimum absolute atomic E-state index is 0.00477. The van der Waals surface area contributed by atoms with Gasteiger partial charge >= 0.3 is 17.9 Å². The maximum atomic E-state index is 15.4. The number of esters is 3. The van der Waals surface area contributed by atoms with Crippen LogP contribution < -0.4 is 14.4 Å². The molecule has 5 aliphatic heterocycles. The highest BCUT2D eigenvalue weighted by atomic mass is 19.1. The van der Waals surface area contributed by atoms with E-state index >= 15 is 4.39 Å². The van der Waals surface area contributed by atoms with Gasteiger partial charge in [-0.15, -0.1) is 6.42 Å². The molecule has 9 fully saturated rings. The van der Waals surface area contributed by atoms with Crippen LogP contribution in [-0.2, 0) is 45.3 Å². The van der Waals surface area contributed by atoms with Gasteiger partial charge < -0.3 is 43.3 Å². The van der Waals surface area contributed by atoms with Crippen molar-refractivity contribution in [3.63, 3.8) is 0 Å². The van der Waals surface area contributed by atoms with Crippen LogP contribution in [0.5, 0.6) is 11.5 Å². The van der Waals surface area contributed by atoms with Crippen LogP contribution in [0.1, 0.15) is 196 Å². The minimum Gasteiger partial charge on any atom is -0.490 e. The fourth-order valence-corrected chi connectivity index (χ4v) is 23.0. The van der Waals surface area contributed by atoms with Crippen LogP contribution in [-0.4, -0.2) is 129 Å². The number of allylic oxidation sites excluding steroid dienone is 3. The fourth-order valence-electron chi connectivity index (χ4n) is 23.0. The molecule has 5 saturated carbocycles. The molecular weight excluding hydrogens is 1610 g/mol. The Hall–Kier alpha value is -11.0. The molecule has 4 aromatic carbocycles. The van der Waals surface area contributed by atoms with E-state index in [2.05, 4.69) is 143 Å². The number of ketones is 1. The molecule has 672 valence electrons. The number of nitrogens with one attached hydrogen (secondary N) is 1. The predicted molar refractivity (Wildman–Crippen MR) is 497 cm³/mol. The van der Waals surface area contributed by atoms with Crippen molar-refractivity contribution in [1.29, 1.82) is 5.41 Å². The number of rotatable bonds is 17. The van der Waals surface area contributed by atoms with E-state index in [1.807, 2.05) is 117 Å². The molecule has 8 aromatic rings. The van der Waals surface area contributed by atoms with Crippen molar-refractivity contribution < 1.29 is 61.5 Å². The number of carbonyl (C=O) groups is 4. The lowest BCUT2D eigenvalue weighted by atomic mass is 9.56. The summed E-state index contributed by atoms with van der Waals surface area (Å²) in [5.74, 6) is 7.43. The monoisotopic (exact) mass is 1730 g/mol. The largest absolute Gasteiger partial charge is 0.490 e. The average Bonchev–Trinajstić information content (AvgIpc) is 1.55. The second-order valence-electron chi connectivity index (χ2n) is 38.6.